The first kappa shape index (κ1) is 49.5. The van der Waals surface area contributed by atoms with Crippen molar-refractivity contribution in [2.75, 3.05) is 14.2 Å². The molecule has 0 amide bonds. The van der Waals surface area contributed by atoms with E-state index in [1.165, 1.54) is 61.7 Å². The molecule has 9 aromatic rings. The SMILES string of the molecule is COC(=O)c1ccc(F)c2cc[nH]c12.COC(=O)c1ccc(F)c2ccn(Cc3ccc(I)cc3)c12.Cc1ccc(CBr)cc1.O=C(O)c1ccc(F)c2ccn(Cc3ccc(I)cc3)c12. The summed E-state index contributed by atoms with van der Waals surface area (Å²) in [5.74, 6) is -3.10. The van der Waals surface area contributed by atoms with Crippen LogP contribution in [-0.2, 0) is 27.9 Å². The topological polar surface area (TPSA) is 116 Å². The van der Waals surface area contributed by atoms with Gasteiger partial charge in [-0.3, -0.25) is 0 Å². The highest BCUT2D eigenvalue weighted by atomic mass is 127. The van der Waals surface area contributed by atoms with Gasteiger partial charge >= 0.3 is 17.9 Å². The van der Waals surface area contributed by atoms with E-state index in [1.807, 2.05) is 53.1 Å². The van der Waals surface area contributed by atoms with E-state index in [9.17, 15) is 32.7 Å². The zero-order valence-electron chi connectivity index (χ0n) is 35.6. The molecular formula is C51H41BrF3I2N3O6. The molecule has 0 aliphatic heterocycles. The summed E-state index contributed by atoms with van der Waals surface area (Å²) in [6.45, 7) is 3.16. The van der Waals surface area contributed by atoms with Gasteiger partial charge in [0, 0.05) is 60.3 Å². The van der Waals surface area contributed by atoms with E-state index in [1.54, 1.807) is 41.4 Å². The number of rotatable bonds is 8. The van der Waals surface area contributed by atoms with E-state index >= 15 is 0 Å². The van der Waals surface area contributed by atoms with Crippen LogP contribution in [-0.4, -0.2) is 51.4 Å². The Labute approximate surface area is 414 Å². The van der Waals surface area contributed by atoms with Gasteiger partial charge in [0.05, 0.1) is 47.5 Å². The number of methoxy groups -OCH3 is 2. The molecule has 0 aliphatic rings. The molecule has 0 atom stereocenters. The van der Waals surface area contributed by atoms with Gasteiger partial charge in [-0.2, -0.15) is 0 Å². The minimum atomic E-state index is -1.05. The van der Waals surface area contributed by atoms with Crippen LogP contribution in [0.3, 0.4) is 0 Å². The number of benzene rings is 6. The Kier molecular flexibility index (Phi) is 17.3. The van der Waals surface area contributed by atoms with Gasteiger partial charge in [0.15, 0.2) is 0 Å². The van der Waals surface area contributed by atoms with Crippen molar-refractivity contribution in [1.29, 1.82) is 0 Å². The number of carboxylic acids is 1. The third-order valence-electron chi connectivity index (χ3n) is 10.3. The Bertz CT molecular complexity index is 3130. The monoisotopic (exact) mass is 1180 g/mol. The molecule has 0 bridgehead atoms. The second kappa shape index (κ2) is 23.0. The molecule has 0 aliphatic carbocycles. The fourth-order valence-corrected chi connectivity index (χ4v) is 8.04. The van der Waals surface area contributed by atoms with E-state index in [0.717, 1.165) is 23.6 Å². The number of ether oxygens (including phenoxy) is 2. The number of esters is 2. The largest absolute Gasteiger partial charge is 0.478 e. The zero-order valence-corrected chi connectivity index (χ0v) is 41.5. The number of nitrogens with zero attached hydrogens (tertiary/aromatic N) is 2. The highest BCUT2D eigenvalue weighted by molar-refractivity contribution is 14.1. The first-order chi connectivity index (χ1) is 31.7. The molecule has 0 saturated heterocycles. The van der Waals surface area contributed by atoms with Crippen LogP contribution in [0.5, 0.6) is 0 Å². The fraction of sp³-hybridized carbons (Fsp3) is 0.118. The number of nitrogens with one attached hydrogen (secondary N) is 1. The lowest BCUT2D eigenvalue weighted by molar-refractivity contribution is 0.0593. The van der Waals surface area contributed by atoms with E-state index in [4.69, 9.17) is 4.74 Å². The average Bonchev–Trinajstić information content (AvgIpc) is 4.10. The van der Waals surface area contributed by atoms with Crippen LogP contribution in [0.15, 0.2) is 146 Å². The number of carbonyl (C=O) groups is 3. The summed E-state index contributed by atoms with van der Waals surface area (Å²) in [4.78, 5) is 37.3. The third kappa shape index (κ3) is 12.1. The summed E-state index contributed by atoms with van der Waals surface area (Å²) in [6, 6.07) is 37.3. The lowest BCUT2D eigenvalue weighted by atomic mass is 10.1. The first-order valence-electron chi connectivity index (χ1n) is 20.0. The molecule has 3 aromatic heterocycles. The Balaban J connectivity index is 0.000000152. The van der Waals surface area contributed by atoms with Gasteiger partial charge in [0.1, 0.15) is 17.5 Å². The standard InChI is InChI=1S/C17H13FINO2.C16H11FINO2.C10H8FNO2.C8H9Br/c1-22-17(21)14-6-7-15(18)13-8-9-20(16(13)14)10-11-2-4-12(19)5-3-11;17-14-6-5-13(16(20)21)15-12(14)7-8-19(15)9-10-1-3-11(18)4-2-10;1-14-10(13)7-2-3-8(11)6-4-5-12-9(6)7;1-7-2-4-8(6-9)5-3-7/h2-9H,10H2,1H3;1-8H,9H2,(H,20,21);2-5,12H,1H3;2-5H,6H2,1H3. The van der Waals surface area contributed by atoms with Crippen molar-refractivity contribution in [2.45, 2.75) is 25.3 Å². The van der Waals surface area contributed by atoms with E-state index in [0.29, 0.717) is 56.9 Å². The molecule has 0 saturated carbocycles. The minimum absolute atomic E-state index is 0.113. The number of carboxylic acid groups (broad SMARTS) is 1. The Morgan fingerprint density at radius 2 is 1.00 bits per heavy atom. The number of alkyl halides is 1. The number of hydrogen-bond acceptors (Lipinski definition) is 5. The van der Waals surface area contributed by atoms with Gasteiger partial charge in [-0.15, -0.1) is 0 Å². The van der Waals surface area contributed by atoms with Crippen LogP contribution < -0.4 is 0 Å². The molecule has 0 spiro atoms. The zero-order chi connectivity index (χ0) is 47.5. The number of fused-ring (bicyclic) bond motifs is 3. The van der Waals surface area contributed by atoms with Crippen molar-refractivity contribution in [3.8, 4) is 0 Å². The summed E-state index contributed by atoms with van der Waals surface area (Å²) >= 11 is 7.85. The van der Waals surface area contributed by atoms with Crippen LogP contribution >= 0.6 is 61.1 Å². The number of hydrogen-bond donors (Lipinski definition) is 2. The van der Waals surface area contributed by atoms with Gasteiger partial charge in [-0.25, -0.2) is 27.6 Å². The molecule has 0 unspecified atom stereocenters. The Morgan fingerprint density at radius 1 is 0.576 bits per heavy atom. The molecule has 0 fully saturated rings. The number of aromatic carboxylic acids is 1. The van der Waals surface area contributed by atoms with Gasteiger partial charge < -0.3 is 28.7 Å². The molecule has 3 heterocycles. The van der Waals surface area contributed by atoms with Gasteiger partial charge in [0.2, 0.25) is 0 Å². The molecule has 66 heavy (non-hydrogen) atoms. The summed E-state index contributed by atoms with van der Waals surface area (Å²) in [5.41, 5.74) is 7.04. The van der Waals surface area contributed by atoms with Gasteiger partial charge in [-0.1, -0.05) is 70.0 Å². The number of carbonyl (C=O) groups excluding carboxylic acids is 2. The second-order valence-corrected chi connectivity index (χ2v) is 17.7. The van der Waals surface area contributed by atoms with Gasteiger partial charge in [-0.05, 0) is 148 Å². The van der Waals surface area contributed by atoms with Crippen molar-refractivity contribution in [3.63, 3.8) is 0 Å². The normalized spacial score (nSPS) is 10.6. The molecular weight excluding hydrogens is 1140 g/mol. The smallest absolute Gasteiger partial charge is 0.340 e. The quantitative estimate of drug-likeness (QED) is 0.0890. The van der Waals surface area contributed by atoms with Crippen molar-refractivity contribution in [3.05, 3.63) is 210 Å². The molecule has 6 aromatic carbocycles. The number of aromatic nitrogens is 3. The molecule has 338 valence electrons. The third-order valence-corrected chi connectivity index (χ3v) is 12.3. The van der Waals surface area contributed by atoms with Crippen LogP contribution in [0.25, 0.3) is 32.7 Å². The van der Waals surface area contributed by atoms with Crippen LogP contribution in [0.1, 0.15) is 53.3 Å². The molecule has 9 rings (SSSR count). The highest BCUT2D eigenvalue weighted by Gasteiger charge is 2.18. The molecule has 9 nitrogen and oxygen atoms in total. The first-order valence-corrected chi connectivity index (χ1v) is 23.3. The second-order valence-electron chi connectivity index (χ2n) is 14.6. The molecule has 2 N–H and O–H groups in total. The predicted molar refractivity (Wildman–Crippen MR) is 272 cm³/mol. The summed E-state index contributed by atoms with van der Waals surface area (Å²) < 4.78 is 56.3. The number of aromatic amines is 1. The Hall–Kier alpha value is -5.92. The van der Waals surface area contributed by atoms with E-state index < -0.39 is 23.7 Å². The lowest BCUT2D eigenvalue weighted by Crippen LogP contribution is -2.07. The van der Waals surface area contributed by atoms with E-state index in [2.05, 4.69) is 102 Å². The van der Waals surface area contributed by atoms with Crippen LogP contribution in [0.2, 0.25) is 0 Å². The average molecular weight is 1180 g/mol. The number of H-pyrrole nitrogens is 1. The van der Waals surface area contributed by atoms with Crippen molar-refractivity contribution < 1.29 is 42.1 Å². The van der Waals surface area contributed by atoms with Crippen LogP contribution in [0, 0.1) is 31.5 Å². The maximum absolute atomic E-state index is 14.0. The predicted octanol–water partition coefficient (Wildman–Crippen LogP) is 13.3. The summed E-state index contributed by atoms with van der Waals surface area (Å²) in [6.07, 6.45) is 5.09. The fourth-order valence-electron chi connectivity index (χ4n) is 6.94. The Morgan fingerprint density at radius 3 is 1.47 bits per heavy atom. The van der Waals surface area contributed by atoms with Crippen LogP contribution in [0.4, 0.5) is 13.2 Å². The highest BCUT2D eigenvalue weighted by Crippen LogP contribution is 2.27. The summed E-state index contributed by atoms with van der Waals surface area (Å²) in [5, 5.41) is 11.4. The molecule has 0 radical (unpaired) electrons. The maximum Gasteiger partial charge on any atom is 0.340 e. The van der Waals surface area contributed by atoms with Crippen molar-refractivity contribution >= 4 is 112 Å². The number of aryl methyl sites for hydroxylation is 1. The van der Waals surface area contributed by atoms with Crippen molar-refractivity contribution in [1.82, 2.24) is 14.1 Å². The molecule has 15 heteroatoms. The summed E-state index contributed by atoms with van der Waals surface area (Å²) in [7, 11) is 2.62. The van der Waals surface area contributed by atoms with Crippen molar-refractivity contribution in [2.24, 2.45) is 0 Å². The number of halogens is 6. The minimum Gasteiger partial charge on any atom is -0.478 e. The van der Waals surface area contributed by atoms with E-state index in [-0.39, 0.29) is 17.2 Å². The van der Waals surface area contributed by atoms with Gasteiger partial charge in [0.25, 0.3) is 0 Å². The maximum atomic E-state index is 14.0. The lowest BCUT2D eigenvalue weighted by Gasteiger charge is -2.09.